The predicted molar refractivity (Wildman–Crippen MR) is 370 cm³/mol. The van der Waals surface area contributed by atoms with E-state index in [1.165, 1.54) is 29.2 Å². The molecule has 2 saturated heterocycles. The number of benzene rings is 4. The first kappa shape index (κ1) is 77.4. The monoisotopic (exact) mass is 1370 g/mol. The van der Waals surface area contributed by atoms with Crippen LogP contribution in [0, 0.1) is 5.92 Å². The molecule has 21 N–H and O–H groups in total. The lowest BCUT2D eigenvalue weighted by Crippen LogP contribution is -2.62. The number of nitrogens with one attached hydrogen (secondary N) is 10. The Morgan fingerprint density at radius 2 is 0.939 bits per heavy atom. The summed E-state index contributed by atoms with van der Waals surface area (Å²) >= 11 is 0. The number of hydrogen-bond donors (Lipinski definition) is 16. The maximum atomic E-state index is 15.3. The number of nitrogens with two attached hydrogens (primary N) is 5. The Kier molecular flexibility index (Phi) is 30.9. The predicted octanol–water partition coefficient (Wildman–Crippen LogP) is -1.42. The minimum absolute atomic E-state index is 0.0300. The van der Waals surface area contributed by atoms with E-state index in [2.05, 4.69) is 63.2 Å². The number of phenolic OH excluding ortho intramolecular Hbond substituents is 1. The average molecular weight is 1370 g/mol. The van der Waals surface area contributed by atoms with E-state index in [-0.39, 0.29) is 120 Å². The lowest BCUT2D eigenvalue weighted by atomic mass is 9.99. The van der Waals surface area contributed by atoms with Crippen molar-refractivity contribution in [3.63, 3.8) is 0 Å². The Morgan fingerprint density at radius 3 is 1.45 bits per heavy atom. The molecule has 4 aromatic carbocycles. The van der Waals surface area contributed by atoms with Crippen LogP contribution in [0.4, 0.5) is 0 Å². The molecule has 0 radical (unpaired) electrons. The van der Waals surface area contributed by atoms with E-state index in [1.807, 2.05) is 0 Å². The van der Waals surface area contributed by atoms with E-state index in [9.17, 15) is 43.5 Å². The van der Waals surface area contributed by atoms with E-state index < -0.39 is 138 Å². The summed E-state index contributed by atoms with van der Waals surface area (Å²) in [6, 6.07) is 16.6. The van der Waals surface area contributed by atoms with Gasteiger partial charge in [-0.05, 0) is 105 Å². The number of carbonyl (C=O) groups excluding carboxylic acids is 11. The van der Waals surface area contributed by atoms with E-state index in [1.54, 1.807) is 112 Å². The van der Waals surface area contributed by atoms with Crippen molar-refractivity contribution in [3.8, 4) is 5.75 Å². The molecule has 11 amide bonds. The fraction of sp³-hybridized carbons (Fsp3) is 0.464. The lowest BCUT2D eigenvalue weighted by Gasteiger charge is -2.31. The van der Waals surface area contributed by atoms with Gasteiger partial charge in [0.2, 0.25) is 65.0 Å². The van der Waals surface area contributed by atoms with Crippen LogP contribution in [0.25, 0.3) is 0 Å². The zero-order valence-corrected chi connectivity index (χ0v) is 56.2. The van der Waals surface area contributed by atoms with Crippen LogP contribution in [-0.4, -0.2) is 174 Å². The SMILES string of the molecule is CCCNC(=O)C[C@@H]1NC(=O)[C@@H](CCCN=C(N)N)NC(=O)[C@@H](Cc2ccccc2)NC(=O)[C@@H]2CCCN2C(=O)[C@@H](Cc2ccccc2)NC(=O)[C@H](c2ccccc2)NC(=O)[C@H](CCCN)NC(=O)[C@H](C(C)C)NC(=O)[C@H](Cc2ccc(O)cc2)NC(=O)[C@H](CCCN=C(N)N)NC1=O. The van der Waals surface area contributed by atoms with Crippen molar-refractivity contribution in [2.75, 3.05) is 32.7 Å². The van der Waals surface area contributed by atoms with Gasteiger partial charge in [-0.2, -0.15) is 0 Å². The number of aliphatic imine (C=N–C) groups is 2. The van der Waals surface area contributed by atoms with E-state index in [0.29, 0.717) is 29.5 Å². The van der Waals surface area contributed by atoms with Gasteiger partial charge in [0.15, 0.2) is 11.9 Å². The van der Waals surface area contributed by atoms with Gasteiger partial charge in [0.05, 0.1) is 6.42 Å². The summed E-state index contributed by atoms with van der Waals surface area (Å²) in [6.07, 6.45) is -0.365. The molecule has 0 unspecified atom stereocenters. The van der Waals surface area contributed by atoms with E-state index in [4.69, 9.17) is 28.7 Å². The number of carbonyl (C=O) groups is 11. The number of phenols is 1. The number of aromatic hydroxyl groups is 1. The molecule has 4 aromatic rings. The maximum Gasteiger partial charge on any atom is 0.247 e. The zero-order valence-electron chi connectivity index (χ0n) is 56.2. The second-order valence-corrected chi connectivity index (χ2v) is 24.8. The smallest absolute Gasteiger partial charge is 0.247 e. The molecule has 30 heteroatoms. The molecule has 0 aromatic heterocycles. The highest BCUT2D eigenvalue weighted by molar-refractivity contribution is 6.01. The Labute approximate surface area is 575 Å². The summed E-state index contributed by atoms with van der Waals surface area (Å²) in [4.78, 5) is 173. The van der Waals surface area contributed by atoms with Gasteiger partial charge in [0.1, 0.15) is 66.2 Å². The number of nitrogens with zero attached hydrogens (tertiary/aromatic N) is 3. The molecule has 0 spiro atoms. The standard InChI is InChI=1S/C69H96N18O12/c1-4-33-75-55(89)40-52-62(94)79-48(25-15-34-76-68(71)72)58(90)81-51(38-44-28-30-46(88)31-29-44)63(95)85-56(41(2)3)65(97)80-47(24-14-32-70)60(92)86-57(45-22-12-7-13-23-45)66(98)84-53(39-43-20-10-6-11-21-43)67(99)87-36-17-27-54(87)64(96)83-50(37-42-18-8-5-9-19-42)61(93)78-49(59(91)82-52)26-16-35-77-69(73)74/h5-13,18-23,28-31,41,47-54,56-57,88H,4,14-17,24-27,32-40,70H2,1-3H3,(H,75,89)(H,78,93)(H,79,94)(H,80,97)(H,81,90)(H,82,91)(H,83,96)(H,84,98)(H,85,95)(H,86,92)(H4,71,72,76)(H4,73,74,77)/t47-,48-,49+,50+,51-,52-,53+,54-,56-,57-/m0/s1. The highest BCUT2D eigenvalue weighted by Crippen LogP contribution is 2.23. The number of rotatable bonds is 23. The summed E-state index contributed by atoms with van der Waals surface area (Å²) in [5, 5.41) is 37.6. The molecular weight excluding hydrogens is 1270 g/mol. The van der Waals surface area contributed by atoms with Crippen molar-refractivity contribution in [2.24, 2.45) is 44.6 Å². The Balaban J connectivity index is 1.50. The second kappa shape index (κ2) is 39.5. The summed E-state index contributed by atoms with van der Waals surface area (Å²) in [5.41, 5.74) is 30.5. The fourth-order valence-electron chi connectivity index (χ4n) is 11.4. The molecule has 30 nitrogen and oxygen atoms in total. The molecule has 2 heterocycles. The van der Waals surface area contributed by atoms with Crippen LogP contribution in [0.1, 0.15) is 113 Å². The van der Waals surface area contributed by atoms with Crippen molar-refractivity contribution in [1.29, 1.82) is 0 Å². The van der Waals surface area contributed by atoms with Crippen LogP contribution in [0.2, 0.25) is 0 Å². The van der Waals surface area contributed by atoms with Crippen LogP contribution < -0.4 is 81.8 Å². The average Bonchev–Trinajstić information content (AvgIpc) is 1.78. The zero-order chi connectivity index (χ0) is 72.0. The number of fused-ring (bicyclic) bond motifs is 1. The third-order valence-corrected chi connectivity index (χ3v) is 16.7. The fourth-order valence-corrected chi connectivity index (χ4v) is 11.4. The summed E-state index contributed by atoms with van der Waals surface area (Å²) in [7, 11) is 0. The van der Waals surface area contributed by atoms with Crippen LogP contribution in [0.15, 0.2) is 125 Å². The van der Waals surface area contributed by atoms with Crippen molar-refractivity contribution in [3.05, 3.63) is 138 Å². The highest BCUT2D eigenvalue weighted by Gasteiger charge is 2.42. The largest absolute Gasteiger partial charge is 0.508 e. The van der Waals surface area contributed by atoms with Gasteiger partial charge >= 0.3 is 0 Å². The van der Waals surface area contributed by atoms with Crippen molar-refractivity contribution in [1.82, 2.24) is 58.1 Å². The quantitative estimate of drug-likeness (QED) is 0.0230. The van der Waals surface area contributed by atoms with Crippen LogP contribution in [0.3, 0.4) is 0 Å². The molecule has 10 atom stereocenters. The Morgan fingerprint density at radius 1 is 0.515 bits per heavy atom. The minimum Gasteiger partial charge on any atom is -0.508 e. The number of amides is 11. The summed E-state index contributed by atoms with van der Waals surface area (Å²) in [5.74, 6) is -10.7. The van der Waals surface area contributed by atoms with Gasteiger partial charge in [0.25, 0.3) is 0 Å². The molecule has 6 rings (SSSR count). The third kappa shape index (κ3) is 25.1. The first-order valence-corrected chi connectivity index (χ1v) is 33.5. The molecule has 99 heavy (non-hydrogen) atoms. The van der Waals surface area contributed by atoms with Gasteiger partial charge in [0, 0.05) is 45.4 Å². The first-order chi connectivity index (χ1) is 47.4. The number of guanidine groups is 2. The molecule has 2 fully saturated rings. The van der Waals surface area contributed by atoms with Gasteiger partial charge in [-0.1, -0.05) is 124 Å². The summed E-state index contributed by atoms with van der Waals surface area (Å²) in [6.45, 7) is 5.28. The Hall–Kier alpha value is -10.7. The lowest BCUT2D eigenvalue weighted by molar-refractivity contribution is -0.142. The molecular formula is C69H96N18O12. The molecule has 0 bridgehead atoms. The van der Waals surface area contributed by atoms with Gasteiger partial charge < -0.3 is 91.8 Å². The third-order valence-electron chi connectivity index (χ3n) is 16.7. The van der Waals surface area contributed by atoms with Crippen molar-refractivity contribution >= 4 is 76.9 Å². The number of hydrogen-bond acceptors (Lipinski definition) is 15. The Bertz CT molecular complexity index is 3430. The van der Waals surface area contributed by atoms with Gasteiger partial charge in [-0.25, -0.2) is 0 Å². The molecule has 0 saturated carbocycles. The van der Waals surface area contributed by atoms with Crippen molar-refractivity contribution in [2.45, 2.75) is 165 Å². The van der Waals surface area contributed by atoms with Crippen molar-refractivity contribution < 1.29 is 57.8 Å². The van der Waals surface area contributed by atoms with E-state index in [0.717, 1.165) is 0 Å². The molecule has 534 valence electrons. The topological polar surface area (TPSA) is 486 Å². The van der Waals surface area contributed by atoms with Gasteiger partial charge in [-0.3, -0.25) is 62.7 Å². The van der Waals surface area contributed by atoms with Gasteiger partial charge in [-0.15, -0.1) is 0 Å². The molecule has 0 aliphatic carbocycles. The first-order valence-electron chi connectivity index (χ1n) is 33.5. The van der Waals surface area contributed by atoms with Crippen LogP contribution >= 0.6 is 0 Å². The molecule has 2 aliphatic rings. The maximum absolute atomic E-state index is 15.3. The molecule has 2 aliphatic heterocycles. The van der Waals surface area contributed by atoms with Crippen LogP contribution in [-0.2, 0) is 72.0 Å². The van der Waals surface area contributed by atoms with Crippen LogP contribution in [0.5, 0.6) is 5.75 Å². The normalized spacial score (nSPS) is 22.9. The van der Waals surface area contributed by atoms with E-state index >= 15 is 14.4 Å². The summed E-state index contributed by atoms with van der Waals surface area (Å²) < 4.78 is 0. The highest BCUT2D eigenvalue weighted by atomic mass is 16.3. The second-order valence-electron chi connectivity index (χ2n) is 24.8. The minimum atomic E-state index is -1.76.